The first kappa shape index (κ1) is 17.3. The minimum Gasteiger partial charge on any atom is -0.366 e. The Morgan fingerprint density at radius 2 is 1.41 bits per heavy atom. The van der Waals surface area contributed by atoms with Gasteiger partial charge in [0.1, 0.15) is 0 Å². The molecule has 0 saturated heterocycles. The molecule has 0 aliphatic rings. The van der Waals surface area contributed by atoms with Crippen molar-refractivity contribution in [1.82, 2.24) is 0 Å². The lowest BCUT2D eigenvalue weighted by Crippen LogP contribution is -2.39. The number of hydrogen-bond acceptors (Lipinski definition) is 1. The molecule has 104 valence electrons. The van der Waals surface area contributed by atoms with Gasteiger partial charge in [-0.3, -0.25) is 0 Å². The molecule has 0 aliphatic heterocycles. The molecule has 0 spiro atoms. The van der Waals surface area contributed by atoms with E-state index < -0.39 is 36.6 Å². The Hall–Kier alpha value is 0.260. The van der Waals surface area contributed by atoms with Gasteiger partial charge >= 0.3 is 12.4 Å². The second-order valence-electron chi connectivity index (χ2n) is 3.73. The van der Waals surface area contributed by atoms with E-state index in [1.165, 1.54) is 16.2 Å². The van der Waals surface area contributed by atoms with Gasteiger partial charge in [-0.15, -0.1) is 20.8 Å². The van der Waals surface area contributed by atoms with Gasteiger partial charge in [0.2, 0.25) is 0 Å². The van der Waals surface area contributed by atoms with Crippen LogP contribution in [0.25, 0.3) is 0 Å². The second kappa shape index (κ2) is 5.93. The minimum absolute atomic E-state index is 0.189. The fourth-order valence-corrected chi connectivity index (χ4v) is 2.01. The zero-order chi connectivity index (χ0) is 13.9. The van der Waals surface area contributed by atoms with Crippen molar-refractivity contribution in [3.63, 3.8) is 0 Å². The van der Waals surface area contributed by atoms with E-state index in [2.05, 4.69) is 0 Å². The van der Waals surface area contributed by atoms with Crippen LogP contribution >= 0.6 is 20.8 Å². The van der Waals surface area contributed by atoms with Crippen molar-refractivity contribution in [3.8, 4) is 0 Å². The summed E-state index contributed by atoms with van der Waals surface area (Å²) in [6.45, 7) is 1.30. The van der Waals surface area contributed by atoms with Gasteiger partial charge in [0.05, 0.1) is 24.3 Å². The maximum Gasteiger partial charge on any atom is 0.392 e. The second-order valence-corrected chi connectivity index (χ2v) is 5.09. The number of halogens is 7. The first-order chi connectivity index (χ1) is 7.37. The van der Waals surface area contributed by atoms with Gasteiger partial charge in [-0.25, -0.2) is 0 Å². The van der Waals surface area contributed by atoms with Crippen molar-refractivity contribution in [1.29, 1.82) is 0 Å². The quantitative estimate of drug-likeness (QED) is 0.422. The fraction of sp³-hybridized carbons (Fsp3) is 1.00. The molecule has 0 bridgehead atoms. The molecule has 0 fully saturated rings. The average Bonchev–Trinajstić information content (AvgIpc) is 1.94. The van der Waals surface area contributed by atoms with Crippen molar-refractivity contribution in [2.45, 2.75) is 43.6 Å². The summed E-state index contributed by atoms with van der Waals surface area (Å²) in [7, 11) is 1.49. The summed E-state index contributed by atoms with van der Waals surface area (Å²) in [5.74, 6) is -0.189. The molecule has 0 aromatic heterocycles. The molecule has 0 rings (SSSR count). The van der Waals surface area contributed by atoms with Gasteiger partial charge in [0.25, 0.3) is 0 Å². The lowest BCUT2D eigenvalue weighted by atomic mass is 10.1. The third-order valence-electron chi connectivity index (χ3n) is 1.65. The monoisotopic (exact) mass is 304 g/mol. The molecule has 0 N–H and O–H groups in total. The third-order valence-corrected chi connectivity index (χ3v) is 2.63. The van der Waals surface area contributed by atoms with Crippen LogP contribution in [0.2, 0.25) is 0 Å². The zero-order valence-electron chi connectivity index (χ0n) is 8.83. The summed E-state index contributed by atoms with van der Waals surface area (Å²) in [5, 5.41) is -2.43. The summed E-state index contributed by atoms with van der Waals surface area (Å²) >= 11 is 5.30. The van der Waals surface area contributed by atoms with Crippen LogP contribution in [0.5, 0.6) is 0 Å². The minimum atomic E-state index is -4.75. The van der Waals surface area contributed by atoms with E-state index in [-0.39, 0.29) is 5.88 Å². The summed E-state index contributed by atoms with van der Waals surface area (Å²) in [6, 6.07) is 0. The topological polar surface area (TPSA) is 9.23 Å². The van der Waals surface area contributed by atoms with Crippen molar-refractivity contribution in [2.24, 2.45) is 0 Å². The Morgan fingerprint density at radius 3 is 1.65 bits per heavy atom. The van der Waals surface area contributed by atoms with E-state index in [9.17, 15) is 26.3 Å². The Balaban J connectivity index is 4.81. The summed E-state index contributed by atoms with van der Waals surface area (Å²) in [6.07, 6.45) is -13.8. The van der Waals surface area contributed by atoms with Crippen LogP contribution in [0.3, 0.4) is 0 Å². The predicted molar refractivity (Wildman–Crippen MR) is 55.1 cm³/mol. The van der Waals surface area contributed by atoms with Gasteiger partial charge < -0.3 is 4.74 Å². The molecule has 0 aromatic rings. The molecule has 0 aromatic carbocycles. The molecular formula is C8H12ClF6OP. The van der Waals surface area contributed by atoms with Gasteiger partial charge in [-0.05, 0) is 6.92 Å². The summed E-state index contributed by atoms with van der Waals surface area (Å²) in [5.41, 5.74) is 0. The van der Waals surface area contributed by atoms with Crippen LogP contribution in [0.15, 0.2) is 0 Å². The maximum atomic E-state index is 12.2. The first-order valence-corrected chi connectivity index (χ1v) is 5.64. The van der Waals surface area contributed by atoms with E-state index in [0.717, 1.165) is 0 Å². The Bertz CT molecular complexity index is 225. The van der Waals surface area contributed by atoms with Crippen molar-refractivity contribution in [3.05, 3.63) is 0 Å². The molecule has 9 heteroatoms. The normalized spacial score (nSPS) is 16.1. The summed E-state index contributed by atoms with van der Waals surface area (Å²) in [4.78, 5) is 0. The molecule has 0 saturated carbocycles. The van der Waals surface area contributed by atoms with Crippen LogP contribution in [0.1, 0.15) is 19.8 Å². The molecule has 0 radical (unpaired) electrons. The largest absolute Gasteiger partial charge is 0.392 e. The average molecular weight is 305 g/mol. The highest BCUT2D eigenvalue weighted by Crippen LogP contribution is 2.43. The molecule has 2 unspecified atom stereocenters. The smallest absolute Gasteiger partial charge is 0.366 e. The first-order valence-electron chi connectivity index (χ1n) is 4.53. The number of rotatable bonds is 5. The van der Waals surface area contributed by atoms with Crippen LogP contribution in [-0.2, 0) is 4.74 Å². The number of alkyl halides is 7. The number of hydrogen-bond donors (Lipinski definition) is 0. The molecule has 1 nitrogen and oxygen atoms in total. The van der Waals surface area contributed by atoms with E-state index in [0.29, 0.717) is 0 Å². The van der Waals surface area contributed by atoms with Crippen molar-refractivity contribution < 1.29 is 31.1 Å². The lowest BCUT2D eigenvalue weighted by Gasteiger charge is -2.33. The van der Waals surface area contributed by atoms with E-state index in [1.54, 1.807) is 0 Å². The van der Waals surface area contributed by atoms with Crippen molar-refractivity contribution in [2.75, 3.05) is 5.88 Å². The van der Waals surface area contributed by atoms with Crippen LogP contribution in [0.4, 0.5) is 26.3 Å². The SMILES string of the molecule is CC(CCl)OC(P)(CC(F)(F)F)CC(F)(F)F. The highest BCUT2D eigenvalue weighted by molar-refractivity contribution is 7.18. The molecular weight excluding hydrogens is 293 g/mol. The Morgan fingerprint density at radius 1 is 1.06 bits per heavy atom. The van der Waals surface area contributed by atoms with Crippen LogP contribution < -0.4 is 0 Å². The summed E-state index contributed by atoms with van der Waals surface area (Å²) < 4.78 is 77.9. The van der Waals surface area contributed by atoms with E-state index in [1.807, 2.05) is 0 Å². The van der Waals surface area contributed by atoms with Gasteiger partial charge in [0, 0.05) is 5.88 Å². The van der Waals surface area contributed by atoms with E-state index >= 15 is 0 Å². The predicted octanol–water partition coefficient (Wildman–Crippen LogP) is 4.11. The number of ether oxygens (including phenoxy) is 1. The van der Waals surface area contributed by atoms with E-state index in [4.69, 9.17) is 16.3 Å². The van der Waals surface area contributed by atoms with Crippen molar-refractivity contribution >= 4 is 20.8 Å². The van der Waals surface area contributed by atoms with Gasteiger partial charge in [-0.2, -0.15) is 26.3 Å². The third kappa shape index (κ3) is 8.91. The molecule has 0 heterocycles. The lowest BCUT2D eigenvalue weighted by molar-refractivity contribution is -0.210. The van der Waals surface area contributed by atoms with Crippen LogP contribution in [0, 0.1) is 0 Å². The maximum absolute atomic E-state index is 12.2. The Labute approximate surface area is 102 Å². The highest BCUT2D eigenvalue weighted by Gasteiger charge is 2.47. The molecule has 17 heavy (non-hydrogen) atoms. The van der Waals surface area contributed by atoms with Gasteiger partial charge in [-0.1, -0.05) is 0 Å². The van der Waals surface area contributed by atoms with Gasteiger partial charge in [0.15, 0.2) is 0 Å². The standard InChI is InChI=1S/C8H12ClF6OP/c1-5(2-9)16-6(17,3-7(10,11)12)4-8(13,14)15/h5H,2-4,17H2,1H3. The molecule has 0 aliphatic carbocycles. The highest BCUT2D eigenvalue weighted by atomic mass is 35.5. The van der Waals surface area contributed by atoms with Crippen LogP contribution in [-0.4, -0.2) is 29.7 Å². The Kier molecular flexibility index (Phi) is 6.02. The molecule has 2 atom stereocenters. The zero-order valence-corrected chi connectivity index (χ0v) is 10.7. The molecule has 0 amide bonds. The fourth-order valence-electron chi connectivity index (χ4n) is 1.26.